The zero-order chi connectivity index (χ0) is 11.0. The molecule has 0 spiro atoms. The third-order valence-electron chi connectivity index (χ3n) is 1.98. The SMILES string of the molecule is OC(c1cn2cc(Cl)ccc2n1)C(F)F. The van der Waals surface area contributed by atoms with Crippen molar-refractivity contribution in [2.45, 2.75) is 12.5 Å². The summed E-state index contributed by atoms with van der Waals surface area (Å²) in [5.74, 6) is 0. The van der Waals surface area contributed by atoms with Gasteiger partial charge in [-0.3, -0.25) is 0 Å². The van der Waals surface area contributed by atoms with Crippen LogP contribution in [-0.2, 0) is 0 Å². The first-order valence-electron chi connectivity index (χ1n) is 4.18. The fourth-order valence-corrected chi connectivity index (χ4v) is 1.42. The number of hydrogen-bond donors (Lipinski definition) is 1. The van der Waals surface area contributed by atoms with Crippen molar-refractivity contribution >= 4 is 17.2 Å². The van der Waals surface area contributed by atoms with Crippen LogP contribution in [0.1, 0.15) is 11.8 Å². The van der Waals surface area contributed by atoms with Crippen LogP contribution in [0.15, 0.2) is 24.5 Å². The van der Waals surface area contributed by atoms with Crippen molar-refractivity contribution in [1.29, 1.82) is 0 Å². The molecule has 1 N–H and O–H groups in total. The number of halogens is 3. The molecule has 0 aromatic carbocycles. The zero-order valence-corrected chi connectivity index (χ0v) is 8.20. The molecule has 6 heteroatoms. The topological polar surface area (TPSA) is 37.5 Å². The van der Waals surface area contributed by atoms with Crippen molar-refractivity contribution in [2.75, 3.05) is 0 Å². The molecule has 1 atom stereocenters. The van der Waals surface area contributed by atoms with E-state index in [2.05, 4.69) is 4.98 Å². The zero-order valence-electron chi connectivity index (χ0n) is 7.44. The normalized spacial score (nSPS) is 13.7. The lowest BCUT2D eigenvalue weighted by molar-refractivity contribution is -0.00792. The third kappa shape index (κ3) is 1.93. The molecule has 2 heterocycles. The molecule has 0 radical (unpaired) electrons. The predicted molar refractivity (Wildman–Crippen MR) is 51.2 cm³/mol. The molecule has 0 aliphatic heterocycles. The fraction of sp³-hybridized carbons (Fsp3) is 0.222. The summed E-state index contributed by atoms with van der Waals surface area (Å²) in [6.07, 6.45) is -1.84. The lowest BCUT2D eigenvalue weighted by Crippen LogP contribution is -2.07. The van der Waals surface area contributed by atoms with Crippen LogP contribution in [0.2, 0.25) is 5.02 Å². The van der Waals surface area contributed by atoms with Crippen LogP contribution in [0.25, 0.3) is 5.65 Å². The molecular weight excluding hydrogens is 226 g/mol. The number of aliphatic hydroxyl groups is 1. The summed E-state index contributed by atoms with van der Waals surface area (Å²) in [4.78, 5) is 3.85. The second kappa shape index (κ2) is 3.75. The number of nitrogens with zero attached hydrogens (tertiary/aromatic N) is 2. The lowest BCUT2D eigenvalue weighted by Gasteiger charge is -2.03. The summed E-state index contributed by atoms with van der Waals surface area (Å²) in [6.45, 7) is 0. The minimum absolute atomic E-state index is 0.0627. The van der Waals surface area contributed by atoms with Gasteiger partial charge in [0, 0.05) is 12.4 Å². The third-order valence-corrected chi connectivity index (χ3v) is 2.20. The summed E-state index contributed by atoms with van der Waals surface area (Å²) in [5, 5.41) is 9.58. The summed E-state index contributed by atoms with van der Waals surface area (Å²) in [7, 11) is 0. The van der Waals surface area contributed by atoms with Crippen LogP contribution < -0.4 is 0 Å². The van der Waals surface area contributed by atoms with Crippen LogP contribution in [0, 0.1) is 0 Å². The van der Waals surface area contributed by atoms with Crippen LogP contribution in [-0.4, -0.2) is 20.9 Å². The van der Waals surface area contributed by atoms with Gasteiger partial charge >= 0.3 is 0 Å². The molecule has 15 heavy (non-hydrogen) atoms. The Balaban J connectivity index is 2.47. The van der Waals surface area contributed by atoms with E-state index in [0.29, 0.717) is 10.7 Å². The van der Waals surface area contributed by atoms with Crippen molar-refractivity contribution < 1.29 is 13.9 Å². The van der Waals surface area contributed by atoms with Crippen LogP contribution in [0.3, 0.4) is 0 Å². The Morgan fingerprint density at radius 2 is 2.07 bits per heavy atom. The number of aliphatic hydroxyl groups excluding tert-OH is 1. The van der Waals surface area contributed by atoms with Gasteiger partial charge in [-0.25, -0.2) is 13.8 Å². The quantitative estimate of drug-likeness (QED) is 0.863. The van der Waals surface area contributed by atoms with E-state index >= 15 is 0 Å². The van der Waals surface area contributed by atoms with Gasteiger partial charge in [0.1, 0.15) is 5.65 Å². The molecule has 0 amide bonds. The first-order valence-corrected chi connectivity index (χ1v) is 4.56. The Bertz CT molecular complexity index is 486. The van der Waals surface area contributed by atoms with Gasteiger partial charge in [-0.15, -0.1) is 0 Å². The molecule has 0 bridgehead atoms. The van der Waals surface area contributed by atoms with E-state index in [1.54, 1.807) is 12.1 Å². The molecule has 0 saturated carbocycles. The fourth-order valence-electron chi connectivity index (χ4n) is 1.26. The van der Waals surface area contributed by atoms with Gasteiger partial charge in [0.05, 0.1) is 10.7 Å². The van der Waals surface area contributed by atoms with E-state index in [-0.39, 0.29) is 5.69 Å². The molecule has 2 aromatic rings. The van der Waals surface area contributed by atoms with Gasteiger partial charge in [0.25, 0.3) is 6.43 Å². The Morgan fingerprint density at radius 1 is 1.33 bits per heavy atom. The second-order valence-electron chi connectivity index (χ2n) is 3.06. The summed E-state index contributed by atoms with van der Waals surface area (Å²) in [6, 6.07) is 3.19. The van der Waals surface area contributed by atoms with Crippen LogP contribution >= 0.6 is 11.6 Å². The van der Waals surface area contributed by atoms with Crippen LogP contribution in [0.4, 0.5) is 8.78 Å². The highest BCUT2D eigenvalue weighted by Crippen LogP contribution is 2.20. The van der Waals surface area contributed by atoms with Crippen molar-refractivity contribution in [2.24, 2.45) is 0 Å². The van der Waals surface area contributed by atoms with E-state index in [0.717, 1.165) is 0 Å². The largest absolute Gasteiger partial charge is 0.381 e. The number of pyridine rings is 1. The Hall–Kier alpha value is -1.20. The Kier molecular flexibility index (Phi) is 2.58. The van der Waals surface area contributed by atoms with Gasteiger partial charge in [-0.2, -0.15) is 0 Å². The number of rotatable bonds is 2. The summed E-state index contributed by atoms with van der Waals surface area (Å²) in [5.41, 5.74) is 0.404. The van der Waals surface area contributed by atoms with Crippen molar-refractivity contribution in [3.8, 4) is 0 Å². The molecule has 3 nitrogen and oxygen atoms in total. The van der Waals surface area contributed by atoms with Gasteiger partial charge in [-0.1, -0.05) is 11.6 Å². The van der Waals surface area contributed by atoms with Crippen molar-refractivity contribution in [3.63, 3.8) is 0 Å². The first kappa shape index (κ1) is 10.3. The molecule has 0 saturated heterocycles. The highest BCUT2D eigenvalue weighted by molar-refractivity contribution is 6.30. The minimum Gasteiger partial charge on any atom is -0.381 e. The molecule has 0 aliphatic carbocycles. The lowest BCUT2D eigenvalue weighted by atomic mass is 10.3. The van der Waals surface area contributed by atoms with Crippen molar-refractivity contribution in [3.05, 3.63) is 35.2 Å². The molecular formula is C9H7ClF2N2O. The van der Waals surface area contributed by atoms with Gasteiger partial charge in [0.2, 0.25) is 0 Å². The van der Waals surface area contributed by atoms with Gasteiger partial charge < -0.3 is 9.51 Å². The number of aromatic nitrogens is 2. The van der Waals surface area contributed by atoms with Gasteiger partial charge in [0.15, 0.2) is 6.10 Å². The van der Waals surface area contributed by atoms with Gasteiger partial charge in [-0.05, 0) is 12.1 Å². The smallest absolute Gasteiger partial charge is 0.269 e. The standard InChI is InChI=1S/C9H7ClF2N2O/c10-5-1-2-7-13-6(4-14(7)3-5)8(15)9(11)12/h1-4,8-9,15H. The maximum atomic E-state index is 12.2. The Morgan fingerprint density at radius 3 is 2.73 bits per heavy atom. The Labute approximate surface area is 88.9 Å². The molecule has 2 rings (SSSR count). The highest BCUT2D eigenvalue weighted by Gasteiger charge is 2.21. The number of hydrogen-bond acceptors (Lipinski definition) is 2. The predicted octanol–water partition coefficient (Wildman–Crippen LogP) is 2.29. The second-order valence-corrected chi connectivity index (χ2v) is 3.49. The summed E-state index contributed by atoms with van der Waals surface area (Å²) >= 11 is 5.71. The number of imidazole rings is 1. The molecule has 2 aromatic heterocycles. The highest BCUT2D eigenvalue weighted by atomic mass is 35.5. The maximum absolute atomic E-state index is 12.2. The maximum Gasteiger partial charge on any atom is 0.269 e. The number of fused-ring (bicyclic) bond motifs is 1. The van der Waals surface area contributed by atoms with Crippen LogP contribution in [0.5, 0.6) is 0 Å². The van der Waals surface area contributed by atoms with E-state index in [4.69, 9.17) is 16.7 Å². The average Bonchev–Trinajstić information content (AvgIpc) is 2.58. The molecule has 0 aliphatic rings. The summed E-state index contributed by atoms with van der Waals surface area (Å²) < 4.78 is 25.9. The minimum atomic E-state index is -2.84. The average molecular weight is 233 g/mol. The van der Waals surface area contributed by atoms with E-state index in [1.165, 1.54) is 16.8 Å². The van der Waals surface area contributed by atoms with Crippen molar-refractivity contribution in [1.82, 2.24) is 9.38 Å². The van der Waals surface area contributed by atoms with E-state index in [9.17, 15) is 8.78 Å². The number of alkyl halides is 2. The molecule has 0 fully saturated rings. The molecule has 80 valence electrons. The first-order chi connectivity index (χ1) is 7.08. The molecule has 1 unspecified atom stereocenters. The van der Waals surface area contributed by atoms with E-state index in [1.807, 2.05) is 0 Å². The van der Waals surface area contributed by atoms with E-state index < -0.39 is 12.5 Å². The monoisotopic (exact) mass is 232 g/mol.